The van der Waals surface area contributed by atoms with Gasteiger partial charge >= 0.3 is 0 Å². The topological polar surface area (TPSA) is 95.6 Å². The fraction of sp³-hybridized carbons (Fsp3) is 0.417. The fourth-order valence-electron chi connectivity index (χ4n) is 3.93. The predicted octanol–water partition coefficient (Wildman–Crippen LogP) is 3.78. The van der Waals surface area contributed by atoms with Crippen LogP contribution < -0.4 is 10.0 Å². The summed E-state index contributed by atoms with van der Waals surface area (Å²) in [7, 11) is -3.86. The molecule has 1 aliphatic rings. The van der Waals surface area contributed by atoms with Gasteiger partial charge < -0.3 is 10.2 Å². The maximum absolute atomic E-state index is 13.0. The van der Waals surface area contributed by atoms with E-state index in [2.05, 4.69) is 10.0 Å². The third-order valence-electron chi connectivity index (χ3n) is 6.00. The molecule has 9 heteroatoms. The first-order valence-corrected chi connectivity index (χ1v) is 12.7. The summed E-state index contributed by atoms with van der Waals surface area (Å²) in [6.45, 7) is 5.28. The van der Waals surface area contributed by atoms with Crippen molar-refractivity contribution in [2.75, 3.05) is 17.8 Å². The number of anilines is 1. The molecule has 1 saturated heterocycles. The van der Waals surface area contributed by atoms with E-state index in [0.29, 0.717) is 31.5 Å². The summed E-state index contributed by atoms with van der Waals surface area (Å²) in [4.78, 5) is 27.0. The van der Waals surface area contributed by atoms with Gasteiger partial charge in [-0.2, -0.15) is 0 Å². The molecule has 3 rings (SSSR count). The molecule has 2 aromatic carbocycles. The highest BCUT2D eigenvalue weighted by Crippen LogP contribution is 2.19. The molecule has 0 bridgehead atoms. The van der Waals surface area contributed by atoms with Crippen molar-refractivity contribution in [3.05, 3.63) is 59.9 Å². The molecular weight excluding hydrogens is 445 g/mol. The average molecular weight is 476 g/mol. The minimum absolute atomic E-state index is 0.00315. The van der Waals surface area contributed by atoms with Crippen molar-refractivity contribution in [1.82, 2.24) is 10.2 Å². The van der Waals surface area contributed by atoms with Gasteiger partial charge in [-0.1, -0.05) is 13.8 Å². The second-order valence-corrected chi connectivity index (χ2v) is 9.91. The van der Waals surface area contributed by atoms with E-state index < -0.39 is 15.8 Å². The van der Waals surface area contributed by atoms with Crippen LogP contribution >= 0.6 is 0 Å². The van der Waals surface area contributed by atoms with Gasteiger partial charge in [0.05, 0.1) is 4.90 Å². The monoisotopic (exact) mass is 475 g/mol. The second kappa shape index (κ2) is 10.8. The minimum Gasteiger partial charge on any atom is -0.349 e. The second-order valence-electron chi connectivity index (χ2n) is 8.22. The lowest BCUT2D eigenvalue weighted by atomic mass is 9.98. The number of rotatable bonds is 8. The zero-order valence-corrected chi connectivity index (χ0v) is 19.7. The molecule has 2 aromatic rings. The molecule has 0 aliphatic carbocycles. The molecule has 0 unspecified atom stereocenters. The summed E-state index contributed by atoms with van der Waals surface area (Å²) >= 11 is 0. The first-order chi connectivity index (χ1) is 15.7. The van der Waals surface area contributed by atoms with Crippen LogP contribution in [0.25, 0.3) is 0 Å². The van der Waals surface area contributed by atoms with Crippen molar-refractivity contribution in [2.45, 2.75) is 50.5 Å². The largest absolute Gasteiger partial charge is 0.349 e. The highest BCUT2D eigenvalue weighted by atomic mass is 32.2. The molecule has 0 spiro atoms. The molecule has 2 N–H and O–H groups in total. The van der Waals surface area contributed by atoms with E-state index in [1.54, 1.807) is 0 Å². The van der Waals surface area contributed by atoms with Gasteiger partial charge in [0.15, 0.2) is 0 Å². The number of benzene rings is 2. The molecule has 33 heavy (non-hydrogen) atoms. The van der Waals surface area contributed by atoms with Crippen LogP contribution in [0.1, 0.15) is 49.9 Å². The molecule has 1 heterocycles. The Bertz CT molecular complexity index is 1060. The van der Waals surface area contributed by atoms with Gasteiger partial charge in [-0.15, -0.1) is 0 Å². The molecular formula is C24H30FN3O4S. The first kappa shape index (κ1) is 24.7. The number of nitrogens with one attached hydrogen (secondary N) is 2. The minimum atomic E-state index is -3.86. The zero-order chi connectivity index (χ0) is 24.0. The Balaban J connectivity index is 1.55. The zero-order valence-electron chi connectivity index (χ0n) is 18.9. The number of halogens is 1. The maximum Gasteiger partial charge on any atom is 0.261 e. The number of sulfonamides is 1. The molecule has 0 atom stereocenters. The van der Waals surface area contributed by atoms with E-state index in [9.17, 15) is 22.4 Å². The Labute approximate surface area is 194 Å². The van der Waals surface area contributed by atoms with Crippen molar-refractivity contribution < 1.29 is 22.4 Å². The van der Waals surface area contributed by atoms with Gasteiger partial charge in [-0.05, 0) is 74.2 Å². The number of piperidine rings is 1. The van der Waals surface area contributed by atoms with Crippen LogP contribution in [0.15, 0.2) is 53.4 Å². The number of nitrogens with zero attached hydrogens (tertiary/aromatic N) is 1. The smallest absolute Gasteiger partial charge is 0.261 e. The number of hydrogen-bond donors (Lipinski definition) is 2. The van der Waals surface area contributed by atoms with Crippen LogP contribution in [0.5, 0.6) is 0 Å². The standard InChI is InChI=1S/C24H30FN3O4S/c1-3-17(4-2)24(30)28-15-13-20(14-16-28)26-23(29)18-5-11-22(12-6-18)33(31,32)27-21-9-7-19(25)8-10-21/h5-12,17,20,27H,3-4,13-16H2,1-2H3,(H,26,29). The highest BCUT2D eigenvalue weighted by molar-refractivity contribution is 7.92. The molecule has 0 radical (unpaired) electrons. The van der Waals surface area contributed by atoms with Gasteiger partial charge in [0.1, 0.15) is 5.82 Å². The van der Waals surface area contributed by atoms with Crippen molar-refractivity contribution in [3.63, 3.8) is 0 Å². The van der Waals surface area contributed by atoms with E-state index >= 15 is 0 Å². The summed E-state index contributed by atoms with van der Waals surface area (Å²) in [6.07, 6.45) is 3.03. The molecule has 1 fully saturated rings. The number of likely N-dealkylation sites (tertiary alicyclic amines) is 1. The van der Waals surface area contributed by atoms with Crippen LogP contribution in [0.2, 0.25) is 0 Å². The molecule has 1 aliphatic heterocycles. The number of carbonyl (C=O) groups excluding carboxylic acids is 2. The molecule has 2 amide bonds. The molecule has 0 aromatic heterocycles. The average Bonchev–Trinajstić information content (AvgIpc) is 2.81. The normalized spacial score (nSPS) is 14.8. The van der Waals surface area contributed by atoms with Gasteiger partial charge in [0, 0.05) is 36.3 Å². The lowest BCUT2D eigenvalue weighted by molar-refractivity contribution is -0.136. The van der Waals surface area contributed by atoms with Crippen LogP contribution in [0, 0.1) is 11.7 Å². The van der Waals surface area contributed by atoms with E-state index in [0.717, 1.165) is 25.0 Å². The van der Waals surface area contributed by atoms with Crippen LogP contribution in [-0.2, 0) is 14.8 Å². The van der Waals surface area contributed by atoms with Gasteiger partial charge in [0.25, 0.3) is 15.9 Å². The molecule has 0 saturated carbocycles. The predicted molar refractivity (Wildman–Crippen MR) is 125 cm³/mol. The van der Waals surface area contributed by atoms with Crippen LogP contribution in [-0.4, -0.2) is 44.3 Å². The van der Waals surface area contributed by atoms with Gasteiger partial charge in [-0.3, -0.25) is 14.3 Å². The van der Waals surface area contributed by atoms with E-state index in [4.69, 9.17) is 0 Å². The lowest BCUT2D eigenvalue weighted by Crippen LogP contribution is -2.48. The summed E-state index contributed by atoms with van der Waals surface area (Å²) in [6, 6.07) is 10.6. The Kier molecular flexibility index (Phi) is 8.07. The van der Waals surface area contributed by atoms with Crippen molar-refractivity contribution in [3.8, 4) is 0 Å². The fourth-order valence-corrected chi connectivity index (χ4v) is 4.99. The van der Waals surface area contributed by atoms with Crippen molar-refractivity contribution in [2.24, 2.45) is 5.92 Å². The van der Waals surface area contributed by atoms with Crippen molar-refractivity contribution in [1.29, 1.82) is 0 Å². The summed E-state index contributed by atoms with van der Waals surface area (Å²) in [5.41, 5.74) is 0.596. The Morgan fingerprint density at radius 1 is 1.00 bits per heavy atom. The van der Waals surface area contributed by atoms with Crippen LogP contribution in [0.4, 0.5) is 10.1 Å². The van der Waals surface area contributed by atoms with Crippen molar-refractivity contribution >= 4 is 27.5 Å². The molecule has 178 valence electrons. The SMILES string of the molecule is CCC(CC)C(=O)N1CCC(NC(=O)c2ccc(S(=O)(=O)Nc3ccc(F)cc3)cc2)CC1. The quantitative estimate of drug-likeness (QED) is 0.607. The Hall–Kier alpha value is -2.94. The first-order valence-electron chi connectivity index (χ1n) is 11.2. The number of amides is 2. The van der Waals surface area contributed by atoms with Gasteiger partial charge in [-0.25, -0.2) is 12.8 Å². The third kappa shape index (κ3) is 6.31. The third-order valence-corrected chi connectivity index (χ3v) is 7.40. The Morgan fingerprint density at radius 3 is 2.12 bits per heavy atom. The van der Waals surface area contributed by atoms with Gasteiger partial charge in [0.2, 0.25) is 5.91 Å². The number of hydrogen-bond acceptors (Lipinski definition) is 4. The Morgan fingerprint density at radius 2 is 1.58 bits per heavy atom. The van der Waals surface area contributed by atoms with E-state index in [1.165, 1.54) is 36.4 Å². The molecule has 7 nitrogen and oxygen atoms in total. The summed E-state index contributed by atoms with van der Waals surface area (Å²) < 4.78 is 40.4. The maximum atomic E-state index is 13.0. The van der Waals surface area contributed by atoms with E-state index in [1.807, 2.05) is 18.7 Å². The highest BCUT2D eigenvalue weighted by Gasteiger charge is 2.27. The van der Waals surface area contributed by atoms with Crippen LogP contribution in [0.3, 0.4) is 0 Å². The van der Waals surface area contributed by atoms with E-state index in [-0.39, 0.29) is 34.4 Å². The number of carbonyl (C=O) groups is 2. The summed E-state index contributed by atoms with van der Waals surface area (Å²) in [5.74, 6) is -0.494. The lowest BCUT2D eigenvalue weighted by Gasteiger charge is -2.34. The summed E-state index contributed by atoms with van der Waals surface area (Å²) in [5, 5.41) is 2.98.